The summed E-state index contributed by atoms with van der Waals surface area (Å²) in [7, 11) is -4.08. The van der Waals surface area contributed by atoms with Crippen molar-refractivity contribution < 1.29 is 23.1 Å². The van der Waals surface area contributed by atoms with Crippen LogP contribution in [0.15, 0.2) is 59.5 Å². The van der Waals surface area contributed by atoms with Crippen molar-refractivity contribution in [2.45, 2.75) is 30.2 Å². The third-order valence-electron chi connectivity index (χ3n) is 4.72. The lowest BCUT2D eigenvalue weighted by molar-refractivity contribution is -0.138. The molecule has 8 nitrogen and oxygen atoms in total. The Kier molecular flexibility index (Phi) is 7.28. The van der Waals surface area contributed by atoms with E-state index in [9.17, 15) is 23.1 Å². The van der Waals surface area contributed by atoms with Gasteiger partial charge >= 0.3 is 12.0 Å². The molecule has 2 aromatic rings. The van der Waals surface area contributed by atoms with Gasteiger partial charge in [-0.05, 0) is 49.2 Å². The molecular formula is C22H23N3O5S. The maximum Gasteiger partial charge on any atom is 0.322 e. The van der Waals surface area contributed by atoms with E-state index in [2.05, 4.69) is 21.9 Å². The zero-order valence-electron chi connectivity index (χ0n) is 16.7. The molecule has 3 N–H and O–H groups in total. The standard InChI is InChI=1S/C22H23N3O5S/c26-21(27)20(10-6-9-17-7-2-1-3-8-17)24-31(29,30)19-13-11-18(12-14-19)23-22(28)25-15-4-5-16-25/h1-3,7-8,11-14,20,24H,4-5,10,15-16H2,(H,23,28)(H,26,27). The van der Waals surface area contributed by atoms with Crippen LogP contribution in [0.1, 0.15) is 24.8 Å². The van der Waals surface area contributed by atoms with E-state index < -0.39 is 22.0 Å². The zero-order valence-corrected chi connectivity index (χ0v) is 17.6. The molecule has 1 unspecified atom stereocenters. The SMILES string of the molecule is O=C(O)C(CC#Cc1ccccc1)NS(=O)(=O)c1ccc(NC(=O)N2CCCC2)cc1. The summed E-state index contributed by atoms with van der Waals surface area (Å²) >= 11 is 0. The van der Waals surface area contributed by atoms with Crippen molar-refractivity contribution in [3.8, 4) is 11.8 Å². The number of rotatable bonds is 6. The molecule has 0 radical (unpaired) electrons. The van der Waals surface area contributed by atoms with Crippen LogP contribution in [0.5, 0.6) is 0 Å². The summed E-state index contributed by atoms with van der Waals surface area (Å²) < 4.78 is 27.4. The summed E-state index contributed by atoms with van der Waals surface area (Å²) in [6, 6.07) is 12.9. The number of carbonyl (C=O) groups excluding carboxylic acids is 1. The minimum atomic E-state index is -4.08. The van der Waals surface area contributed by atoms with Gasteiger partial charge in [-0.25, -0.2) is 13.2 Å². The number of carboxylic acids is 1. The van der Waals surface area contributed by atoms with E-state index in [4.69, 9.17) is 0 Å². The molecule has 1 fully saturated rings. The van der Waals surface area contributed by atoms with Crippen molar-refractivity contribution in [3.05, 3.63) is 60.2 Å². The number of urea groups is 1. The maximum absolute atomic E-state index is 12.6. The Morgan fingerprint density at radius 3 is 2.29 bits per heavy atom. The molecule has 1 aliphatic rings. The van der Waals surface area contributed by atoms with Gasteiger partial charge in [0.05, 0.1) is 4.90 Å². The van der Waals surface area contributed by atoms with Gasteiger partial charge in [0.1, 0.15) is 6.04 Å². The van der Waals surface area contributed by atoms with Gasteiger partial charge in [-0.3, -0.25) is 4.79 Å². The first-order valence-electron chi connectivity index (χ1n) is 9.80. The number of nitrogens with zero attached hydrogens (tertiary/aromatic N) is 1. The molecule has 1 saturated heterocycles. The van der Waals surface area contributed by atoms with E-state index in [1.807, 2.05) is 6.07 Å². The highest BCUT2D eigenvalue weighted by Crippen LogP contribution is 2.16. The van der Waals surface area contributed by atoms with Gasteiger partial charge in [0.15, 0.2) is 0 Å². The van der Waals surface area contributed by atoms with Crippen LogP contribution in [0.25, 0.3) is 0 Å². The second kappa shape index (κ2) is 10.1. The van der Waals surface area contributed by atoms with E-state index in [1.165, 1.54) is 24.3 Å². The normalized spacial score (nSPS) is 14.4. The number of carbonyl (C=O) groups is 2. The summed E-state index contributed by atoms with van der Waals surface area (Å²) in [6.45, 7) is 1.40. The number of carboxylic acid groups (broad SMARTS) is 1. The molecule has 0 saturated carbocycles. The van der Waals surface area contributed by atoms with Gasteiger partial charge in [-0.2, -0.15) is 4.72 Å². The molecule has 31 heavy (non-hydrogen) atoms. The van der Waals surface area contributed by atoms with Crippen LogP contribution in [0.2, 0.25) is 0 Å². The number of likely N-dealkylation sites (tertiary alicyclic amines) is 1. The Bertz CT molecular complexity index is 1080. The average molecular weight is 442 g/mol. The lowest BCUT2D eigenvalue weighted by atomic mass is 10.2. The Balaban J connectivity index is 1.64. The Morgan fingerprint density at radius 2 is 1.68 bits per heavy atom. The van der Waals surface area contributed by atoms with E-state index in [1.54, 1.807) is 29.2 Å². The molecule has 9 heteroatoms. The molecular weight excluding hydrogens is 418 g/mol. The molecule has 162 valence electrons. The highest BCUT2D eigenvalue weighted by molar-refractivity contribution is 7.89. The van der Waals surface area contributed by atoms with Crippen molar-refractivity contribution in [2.75, 3.05) is 18.4 Å². The Morgan fingerprint density at radius 1 is 1.03 bits per heavy atom. The second-order valence-corrected chi connectivity index (χ2v) is 8.75. The highest BCUT2D eigenvalue weighted by atomic mass is 32.2. The van der Waals surface area contributed by atoms with Crippen LogP contribution in [-0.4, -0.2) is 49.6 Å². The molecule has 0 bridgehead atoms. The van der Waals surface area contributed by atoms with E-state index in [0.29, 0.717) is 24.3 Å². The largest absolute Gasteiger partial charge is 0.480 e. The lowest BCUT2D eigenvalue weighted by Crippen LogP contribution is -2.40. The van der Waals surface area contributed by atoms with Crippen LogP contribution in [0.3, 0.4) is 0 Å². The third-order valence-corrected chi connectivity index (χ3v) is 6.20. The van der Waals surface area contributed by atoms with Gasteiger partial charge in [0.25, 0.3) is 0 Å². The van der Waals surface area contributed by atoms with Crippen LogP contribution in [-0.2, 0) is 14.8 Å². The summed E-state index contributed by atoms with van der Waals surface area (Å²) in [6.07, 6.45) is 1.75. The van der Waals surface area contributed by atoms with Crippen molar-refractivity contribution in [1.29, 1.82) is 0 Å². The van der Waals surface area contributed by atoms with Gasteiger partial charge in [0, 0.05) is 30.8 Å². The predicted molar refractivity (Wildman–Crippen MR) is 116 cm³/mol. The topological polar surface area (TPSA) is 116 Å². The van der Waals surface area contributed by atoms with Crippen LogP contribution in [0.4, 0.5) is 10.5 Å². The van der Waals surface area contributed by atoms with Crippen LogP contribution in [0, 0.1) is 11.8 Å². The molecule has 0 aliphatic carbocycles. The number of hydrogen-bond acceptors (Lipinski definition) is 4. The van der Waals surface area contributed by atoms with Gasteiger partial charge in [-0.1, -0.05) is 30.0 Å². The monoisotopic (exact) mass is 441 g/mol. The average Bonchev–Trinajstić information content (AvgIpc) is 3.29. The van der Waals surface area contributed by atoms with Crippen molar-refractivity contribution in [1.82, 2.24) is 9.62 Å². The first-order chi connectivity index (χ1) is 14.8. The fraction of sp³-hybridized carbons (Fsp3) is 0.273. The van der Waals surface area contributed by atoms with Crippen molar-refractivity contribution in [2.24, 2.45) is 0 Å². The molecule has 1 atom stereocenters. The molecule has 0 spiro atoms. The summed E-state index contributed by atoms with van der Waals surface area (Å²) in [5, 5.41) is 12.1. The fourth-order valence-electron chi connectivity index (χ4n) is 3.05. The molecule has 1 aliphatic heterocycles. The Hall–Kier alpha value is -3.35. The van der Waals surface area contributed by atoms with Crippen LogP contribution < -0.4 is 10.0 Å². The molecule has 0 aromatic heterocycles. The molecule has 1 heterocycles. The van der Waals surface area contributed by atoms with E-state index in [0.717, 1.165) is 12.8 Å². The molecule has 2 aromatic carbocycles. The van der Waals surface area contributed by atoms with Crippen molar-refractivity contribution in [3.63, 3.8) is 0 Å². The Labute approximate surface area is 181 Å². The fourth-order valence-corrected chi connectivity index (χ4v) is 4.24. The van der Waals surface area contributed by atoms with E-state index in [-0.39, 0.29) is 17.3 Å². The van der Waals surface area contributed by atoms with Crippen LogP contribution >= 0.6 is 0 Å². The minimum absolute atomic E-state index is 0.103. The number of sulfonamides is 1. The van der Waals surface area contributed by atoms with Crippen molar-refractivity contribution >= 4 is 27.7 Å². The summed E-state index contributed by atoms with van der Waals surface area (Å²) in [5.74, 6) is 4.20. The summed E-state index contributed by atoms with van der Waals surface area (Å²) in [5.41, 5.74) is 1.17. The first-order valence-corrected chi connectivity index (χ1v) is 11.3. The number of nitrogens with one attached hydrogen (secondary N) is 2. The smallest absolute Gasteiger partial charge is 0.322 e. The van der Waals surface area contributed by atoms with E-state index >= 15 is 0 Å². The molecule has 2 amide bonds. The maximum atomic E-state index is 12.6. The number of amides is 2. The number of hydrogen-bond donors (Lipinski definition) is 3. The quantitative estimate of drug-likeness (QED) is 0.596. The van der Waals surface area contributed by atoms with Gasteiger partial charge in [0.2, 0.25) is 10.0 Å². The first kappa shape index (κ1) is 22.3. The number of aliphatic carboxylic acids is 1. The second-order valence-electron chi connectivity index (χ2n) is 7.03. The van der Waals surface area contributed by atoms with Gasteiger partial charge < -0.3 is 15.3 Å². The third kappa shape index (κ3) is 6.31. The number of benzene rings is 2. The molecule has 3 rings (SSSR count). The minimum Gasteiger partial charge on any atom is -0.480 e. The lowest BCUT2D eigenvalue weighted by Gasteiger charge is -2.16. The van der Waals surface area contributed by atoms with Gasteiger partial charge in [-0.15, -0.1) is 0 Å². The number of anilines is 1. The summed E-state index contributed by atoms with van der Waals surface area (Å²) in [4.78, 5) is 25.2. The highest BCUT2D eigenvalue weighted by Gasteiger charge is 2.25. The zero-order chi connectivity index (χ0) is 22.3. The predicted octanol–water partition coefficient (Wildman–Crippen LogP) is 2.49.